The predicted molar refractivity (Wildman–Crippen MR) is 84.7 cm³/mol. The third-order valence-electron chi connectivity index (χ3n) is 4.32. The highest BCUT2D eigenvalue weighted by atomic mass is 16.1. The molecule has 0 spiro atoms. The SMILES string of the molecule is CN(CCCNC(=O)CCCCCN)C1CCCCC1. The van der Waals surface area contributed by atoms with Crippen molar-refractivity contribution in [2.75, 3.05) is 26.7 Å². The molecule has 0 saturated heterocycles. The van der Waals surface area contributed by atoms with Gasteiger partial charge in [0.25, 0.3) is 0 Å². The molecule has 4 heteroatoms. The van der Waals surface area contributed by atoms with Gasteiger partial charge in [-0.25, -0.2) is 0 Å². The van der Waals surface area contributed by atoms with Gasteiger partial charge in [-0.2, -0.15) is 0 Å². The summed E-state index contributed by atoms with van der Waals surface area (Å²) in [5.74, 6) is 0.197. The number of hydrogen-bond acceptors (Lipinski definition) is 3. The number of rotatable bonds is 10. The van der Waals surface area contributed by atoms with Gasteiger partial charge in [0.15, 0.2) is 0 Å². The Bertz CT molecular complexity index is 252. The van der Waals surface area contributed by atoms with Crippen LogP contribution >= 0.6 is 0 Å². The van der Waals surface area contributed by atoms with E-state index in [0.29, 0.717) is 6.42 Å². The Morgan fingerprint density at radius 2 is 1.90 bits per heavy atom. The molecule has 3 N–H and O–H groups in total. The van der Waals surface area contributed by atoms with Crippen molar-refractivity contribution >= 4 is 5.91 Å². The van der Waals surface area contributed by atoms with Crippen LogP contribution in [0.15, 0.2) is 0 Å². The second-order valence-corrected chi connectivity index (χ2v) is 6.08. The number of carbonyl (C=O) groups excluding carboxylic acids is 1. The molecule has 0 aromatic heterocycles. The van der Waals surface area contributed by atoms with Crippen molar-refractivity contribution in [1.82, 2.24) is 10.2 Å². The van der Waals surface area contributed by atoms with Crippen LogP contribution < -0.4 is 11.1 Å². The van der Waals surface area contributed by atoms with Gasteiger partial charge in [-0.15, -0.1) is 0 Å². The maximum atomic E-state index is 11.6. The van der Waals surface area contributed by atoms with Gasteiger partial charge in [0.1, 0.15) is 0 Å². The largest absolute Gasteiger partial charge is 0.356 e. The summed E-state index contributed by atoms with van der Waals surface area (Å²) in [6, 6.07) is 0.774. The van der Waals surface area contributed by atoms with Crippen LogP contribution in [0, 0.1) is 0 Å². The van der Waals surface area contributed by atoms with E-state index in [2.05, 4.69) is 17.3 Å². The van der Waals surface area contributed by atoms with Gasteiger partial charge in [0, 0.05) is 19.0 Å². The van der Waals surface area contributed by atoms with Gasteiger partial charge < -0.3 is 16.0 Å². The second kappa shape index (κ2) is 11.1. The van der Waals surface area contributed by atoms with Crippen LogP contribution in [0.5, 0.6) is 0 Å². The summed E-state index contributed by atoms with van der Waals surface area (Å²) in [5, 5.41) is 3.02. The quantitative estimate of drug-likeness (QED) is 0.605. The van der Waals surface area contributed by atoms with Crippen molar-refractivity contribution in [3.8, 4) is 0 Å². The lowest BCUT2D eigenvalue weighted by Gasteiger charge is -2.31. The average molecular weight is 283 g/mol. The Hall–Kier alpha value is -0.610. The summed E-state index contributed by atoms with van der Waals surface area (Å²) >= 11 is 0. The molecule has 20 heavy (non-hydrogen) atoms. The highest BCUT2D eigenvalue weighted by Gasteiger charge is 2.17. The molecule has 4 nitrogen and oxygen atoms in total. The van der Waals surface area contributed by atoms with Crippen molar-refractivity contribution in [2.24, 2.45) is 5.73 Å². The molecule has 1 aliphatic rings. The first kappa shape index (κ1) is 17.4. The molecule has 1 saturated carbocycles. The van der Waals surface area contributed by atoms with Crippen LogP contribution in [-0.4, -0.2) is 43.5 Å². The molecule has 0 atom stereocenters. The topological polar surface area (TPSA) is 58.4 Å². The fourth-order valence-corrected chi connectivity index (χ4v) is 2.96. The molecule has 0 aromatic carbocycles. The van der Waals surface area contributed by atoms with Crippen molar-refractivity contribution < 1.29 is 4.79 Å². The Kier molecular flexibility index (Phi) is 9.67. The lowest BCUT2D eigenvalue weighted by atomic mass is 9.94. The minimum Gasteiger partial charge on any atom is -0.356 e. The molecule has 1 aliphatic carbocycles. The van der Waals surface area contributed by atoms with E-state index >= 15 is 0 Å². The van der Waals surface area contributed by atoms with E-state index < -0.39 is 0 Å². The van der Waals surface area contributed by atoms with E-state index in [1.807, 2.05) is 0 Å². The van der Waals surface area contributed by atoms with Crippen molar-refractivity contribution in [1.29, 1.82) is 0 Å². The number of unbranched alkanes of at least 4 members (excludes halogenated alkanes) is 2. The zero-order valence-electron chi connectivity index (χ0n) is 13.2. The number of nitrogens with one attached hydrogen (secondary N) is 1. The Labute approximate surface area is 124 Å². The number of nitrogens with zero attached hydrogens (tertiary/aromatic N) is 1. The smallest absolute Gasteiger partial charge is 0.219 e. The third kappa shape index (κ3) is 7.85. The molecule has 0 heterocycles. The van der Waals surface area contributed by atoms with Crippen LogP contribution in [0.1, 0.15) is 64.2 Å². The van der Waals surface area contributed by atoms with Crippen molar-refractivity contribution in [3.05, 3.63) is 0 Å². The van der Waals surface area contributed by atoms with E-state index in [4.69, 9.17) is 5.73 Å². The minimum absolute atomic E-state index is 0.197. The zero-order valence-corrected chi connectivity index (χ0v) is 13.2. The number of hydrogen-bond donors (Lipinski definition) is 2. The molecule has 0 aromatic rings. The first-order valence-corrected chi connectivity index (χ1v) is 8.41. The van der Waals surface area contributed by atoms with E-state index in [9.17, 15) is 4.79 Å². The molecule has 118 valence electrons. The number of nitrogens with two attached hydrogens (primary N) is 1. The second-order valence-electron chi connectivity index (χ2n) is 6.08. The minimum atomic E-state index is 0.197. The Balaban J connectivity index is 1.96. The van der Waals surface area contributed by atoms with Crippen LogP contribution in [0.4, 0.5) is 0 Å². The van der Waals surface area contributed by atoms with E-state index in [1.54, 1.807) is 0 Å². The zero-order chi connectivity index (χ0) is 14.6. The Morgan fingerprint density at radius 1 is 1.15 bits per heavy atom. The predicted octanol–water partition coefficient (Wildman–Crippen LogP) is 2.28. The summed E-state index contributed by atoms with van der Waals surface area (Å²) in [7, 11) is 2.23. The molecular weight excluding hydrogens is 250 g/mol. The third-order valence-corrected chi connectivity index (χ3v) is 4.32. The van der Waals surface area contributed by atoms with Gasteiger partial charge >= 0.3 is 0 Å². The fourth-order valence-electron chi connectivity index (χ4n) is 2.96. The summed E-state index contributed by atoms with van der Waals surface area (Å²) in [6.45, 7) is 2.64. The molecular formula is C16H33N3O. The number of amides is 1. The summed E-state index contributed by atoms with van der Waals surface area (Å²) in [6.07, 6.45) is 11.6. The molecule has 1 amide bonds. The van der Waals surface area contributed by atoms with E-state index in [-0.39, 0.29) is 5.91 Å². The standard InChI is InChI=1S/C16H33N3O/c1-19(15-9-4-2-5-10-15)14-8-13-18-16(20)11-6-3-7-12-17/h15H,2-14,17H2,1H3,(H,18,20). The van der Waals surface area contributed by atoms with Gasteiger partial charge in [0.2, 0.25) is 5.91 Å². The normalized spacial score (nSPS) is 16.6. The first-order chi connectivity index (χ1) is 9.74. The van der Waals surface area contributed by atoms with Gasteiger partial charge in [0.05, 0.1) is 0 Å². The van der Waals surface area contributed by atoms with Crippen LogP contribution in [0.25, 0.3) is 0 Å². The van der Waals surface area contributed by atoms with Crippen molar-refractivity contribution in [3.63, 3.8) is 0 Å². The monoisotopic (exact) mass is 283 g/mol. The molecule has 1 fully saturated rings. The summed E-state index contributed by atoms with van der Waals surface area (Å²) < 4.78 is 0. The number of carbonyl (C=O) groups is 1. The Morgan fingerprint density at radius 3 is 2.60 bits per heavy atom. The fraction of sp³-hybridized carbons (Fsp3) is 0.938. The maximum absolute atomic E-state index is 11.6. The molecule has 0 unspecified atom stereocenters. The highest BCUT2D eigenvalue weighted by Crippen LogP contribution is 2.21. The lowest BCUT2D eigenvalue weighted by molar-refractivity contribution is -0.121. The molecule has 1 rings (SSSR count). The first-order valence-electron chi connectivity index (χ1n) is 8.41. The molecule has 0 radical (unpaired) electrons. The van der Waals surface area contributed by atoms with Gasteiger partial charge in [-0.1, -0.05) is 25.7 Å². The van der Waals surface area contributed by atoms with E-state index in [1.165, 1.54) is 32.1 Å². The van der Waals surface area contributed by atoms with Crippen LogP contribution in [0.2, 0.25) is 0 Å². The van der Waals surface area contributed by atoms with Gasteiger partial charge in [-0.05, 0) is 52.2 Å². The average Bonchev–Trinajstić information content (AvgIpc) is 2.49. The highest BCUT2D eigenvalue weighted by molar-refractivity contribution is 5.75. The summed E-state index contributed by atoms with van der Waals surface area (Å²) in [4.78, 5) is 14.1. The van der Waals surface area contributed by atoms with Gasteiger partial charge in [-0.3, -0.25) is 4.79 Å². The van der Waals surface area contributed by atoms with Crippen LogP contribution in [0.3, 0.4) is 0 Å². The lowest BCUT2D eigenvalue weighted by Crippen LogP contribution is -2.35. The maximum Gasteiger partial charge on any atom is 0.219 e. The molecule has 0 bridgehead atoms. The summed E-state index contributed by atoms with van der Waals surface area (Å²) in [5.41, 5.74) is 5.43. The van der Waals surface area contributed by atoms with E-state index in [0.717, 1.165) is 51.4 Å². The van der Waals surface area contributed by atoms with Crippen LogP contribution in [-0.2, 0) is 4.79 Å². The molecule has 0 aliphatic heterocycles. The van der Waals surface area contributed by atoms with Crippen molar-refractivity contribution in [2.45, 2.75) is 70.3 Å².